The van der Waals surface area contributed by atoms with Crippen LogP contribution in [-0.2, 0) is 0 Å². The van der Waals surface area contributed by atoms with E-state index in [-0.39, 0.29) is 5.82 Å². The molecule has 3 N–H and O–H groups in total. The van der Waals surface area contributed by atoms with Crippen LogP contribution in [0.3, 0.4) is 0 Å². The number of halogens is 3. The van der Waals surface area contributed by atoms with Crippen molar-refractivity contribution in [2.24, 2.45) is 5.84 Å². The van der Waals surface area contributed by atoms with Crippen molar-refractivity contribution in [2.75, 3.05) is 0 Å². The van der Waals surface area contributed by atoms with E-state index in [0.29, 0.717) is 15.6 Å². The zero-order valence-electron chi connectivity index (χ0n) is 10.3. The monoisotopic (exact) mass is 326 g/mol. The molecule has 0 heterocycles. The van der Waals surface area contributed by atoms with E-state index in [1.54, 1.807) is 18.2 Å². The number of rotatable bonds is 3. The lowest BCUT2D eigenvalue weighted by atomic mass is 9.95. The van der Waals surface area contributed by atoms with Gasteiger partial charge in [0.1, 0.15) is 11.6 Å². The van der Waals surface area contributed by atoms with Gasteiger partial charge in [-0.15, -0.1) is 0 Å². The summed E-state index contributed by atoms with van der Waals surface area (Å²) in [6, 6.07) is 8.47. The summed E-state index contributed by atoms with van der Waals surface area (Å²) in [5.41, 5.74) is 4.37. The van der Waals surface area contributed by atoms with Crippen molar-refractivity contribution in [1.82, 2.24) is 5.43 Å². The van der Waals surface area contributed by atoms with Crippen molar-refractivity contribution in [3.63, 3.8) is 0 Å². The molecular formula is C14H13BrF2N2. The molecule has 0 bridgehead atoms. The van der Waals surface area contributed by atoms with E-state index in [4.69, 9.17) is 5.84 Å². The highest BCUT2D eigenvalue weighted by atomic mass is 79.9. The van der Waals surface area contributed by atoms with Crippen molar-refractivity contribution in [2.45, 2.75) is 13.0 Å². The summed E-state index contributed by atoms with van der Waals surface area (Å²) < 4.78 is 28.0. The van der Waals surface area contributed by atoms with Crippen LogP contribution in [0.4, 0.5) is 8.78 Å². The quantitative estimate of drug-likeness (QED) is 0.668. The predicted molar refractivity (Wildman–Crippen MR) is 74.4 cm³/mol. The molecule has 0 aliphatic rings. The Kier molecular flexibility index (Phi) is 4.29. The first-order valence-corrected chi connectivity index (χ1v) is 6.49. The summed E-state index contributed by atoms with van der Waals surface area (Å²) in [5, 5.41) is 0. The van der Waals surface area contributed by atoms with E-state index >= 15 is 0 Å². The van der Waals surface area contributed by atoms with E-state index in [1.165, 1.54) is 18.2 Å². The third kappa shape index (κ3) is 3.00. The Hall–Kier alpha value is -1.30. The van der Waals surface area contributed by atoms with Crippen molar-refractivity contribution < 1.29 is 8.78 Å². The molecule has 2 rings (SSSR count). The number of hydrazine groups is 1. The van der Waals surface area contributed by atoms with Crippen LogP contribution < -0.4 is 11.3 Å². The summed E-state index contributed by atoms with van der Waals surface area (Å²) >= 11 is 3.20. The number of benzene rings is 2. The lowest BCUT2D eigenvalue weighted by Gasteiger charge is -2.20. The highest BCUT2D eigenvalue weighted by Gasteiger charge is 2.19. The summed E-state index contributed by atoms with van der Waals surface area (Å²) in [5.74, 6) is 4.73. The molecule has 0 spiro atoms. The van der Waals surface area contributed by atoms with Crippen LogP contribution in [0, 0.1) is 18.6 Å². The maximum Gasteiger partial charge on any atom is 0.129 e. The van der Waals surface area contributed by atoms with E-state index in [9.17, 15) is 8.78 Å². The average molecular weight is 327 g/mol. The second-order valence-corrected chi connectivity index (χ2v) is 5.18. The van der Waals surface area contributed by atoms with E-state index in [2.05, 4.69) is 21.4 Å². The minimum atomic E-state index is -0.594. The summed E-state index contributed by atoms with van der Waals surface area (Å²) in [7, 11) is 0. The van der Waals surface area contributed by atoms with Gasteiger partial charge in [-0.1, -0.05) is 28.1 Å². The van der Waals surface area contributed by atoms with Crippen molar-refractivity contribution in [1.29, 1.82) is 0 Å². The Balaban J connectivity index is 2.52. The second kappa shape index (κ2) is 5.77. The highest BCUT2D eigenvalue weighted by Crippen LogP contribution is 2.28. The Bertz CT molecular complexity index is 602. The Morgan fingerprint density at radius 1 is 1.11 bits per heavy atom. The topological polar surface area (TPSA) is 38.0 Å². The Morgan fingerprint density at radius 2 is 1.84 bits per heavy atom. The van der Waals surface area contributed by atoms with E-state index in [0.717, 1.165) is 5.56 Å². The van der Waals surface area contributed by atoms with Crippen LogP contribution in [0.2, 0.25) is 0 Å². The average Bonchev–Trinajstić information content (AvgIpc) is 2.36. The van der Waals surface area contributed by atoms with Gasteiger partial charge in [-0.25, -0.2) is 14.2 Å². The number of hydrogen-bond acceptors (Lipinski definition) is 2. The van der Waals surface area contributed by atoms with Gasteiger partial charge in [-0.3, -0.25) is 5.84 Å². The lowest BCUT2D eigenvalue weighted by Crippen LogP contribution is -2.30. The third-order valence-electron chi connectivity index (χ3n) is 2.99. The minimum Gasteiger partial charge on any atom is -0.271 e. The second-order valence-electron chi connectivity index (χ2n) is 4.27. The molecule has 2 aromatic carbocycles. The fraction of sp³-hybridized carbons (Fsp3) is 0.143. The van der Waals surface area contributed by atoms with Gasteiger partial charge in [0.05, 0.1) is 6.04 Å². The zero-order valence-corrected chi connectivity index (χ0v) is 11.8. The molecule has 0 amide bonds. The normalized spacial score (nSPS) is 12.5. The largest absolute Gasteiger partial charge is 0.271 e. The Labute approximate surface area is 118 Å². The number of nitrogens with one attached hydrogen (secondary N) is 1. The molecule has 0 radical (unpaired) electrons. The molecule has 1 atom stereocenters. The van der Waals surface area contributed by atoms with Gasteiger partial charge in [-0.2, -0.15) is 0 Å². The fourth-order valence-electron chi connectivity index (χ4n) is 2.01. The SMILES string of the molecule is Cc1ccc(F)cc1C(NN)c1ccc(Br)cc1F. The molecule has 5 heteroatoms. The molecule has 0 aromatic heterocycles. The molecule has 0 aliphatic carbocycles. The number of nitrogens with two attached hydrogens (primary N) is 1. The van der Waals surface area contributed by atoms with Gasteiger partial charge in [-0.05, 0) is 42.3 Å². The van der Waals surface area contributed by atoms with Gasteiger partial charge >= 0.3 is 0 Å². The van der Waals surface area contributed by atoms with Crippen molar-refractivity contribution >= 4 is 15.9 Å². The van der Waals surface area contributed by atoms with Crippen molar-refractivity contribution in [3.8, 4) is 0 Å². The molecule has 1 unspecified atom stereocenters. The third-order valence-corrected chi connectivity index (χ3v) is 3.49. The smallest absolute Gasteiger partial charge is 0.129 e. The minimum absolute atomic E-state index is 0.374. The van der Waals surface area contributed by atoms with E-state index in [1.807, 2.05) is 6.92 Å². The van der Waals surface area contributed by atoms with Crippen LogP contribution in [0.15, 0.2) is 40.9 Å². The molecule has 0 saturated heterocycles. The highest BCUT2D eigenvalue weighted by molar-refractivity contribution is 9.10. The lowest BCUT2D eigenvalue weighted by molar-refractivity contribution is 0.553. The summed E-state index contributed by atoms with van der Waals surface area (Å²) in [6.45, 7) is 1.83. The van der Waals surface area contributed by atoms with Crippen LogP contribution in [0.25, 0.3) is 0 Å². The zero-order chi connectivity index (χ0) is 14.0. The summed E-state index contributed by atoms with van der Waals surface area (Å²) in [6.07, 6.45) is 0. The fourth-order valence-corrected chi connectivity index (χ4v) is 2.34. The van der Waals surface area contributed by atoms with Crippen molar-refractivity contribution in [3.05, 3.63) is 69.2 Å². The molecule has 2 aromatic rings. The van der Waals surface area contributed by atoms with Gasteiger partial charge in [0.2, 0.25) is 0 Å². The maximum atomic E-state index is 14.0. The van der Waals surface area contributed by atoms with Crippen LogP contribution in [0.5, 0.6) is 0 Å². The summed E-state index contributed by atoms with van der Waals surface area (Å²) in [4.78, 5) is 0. The predicted octanol–water partition coefficient (Wildman–Crippen LogP) is 3.59. The van der Waals surface area contributed by atoms with Gasteiger partial charge < -0.3 is 0 Å². The van der Waals surface area contributed by atoms with Gasteiger partial charge in [0.25, 0.3) is 0 Å². The standard InChI is InChI=1S/C14H13BrF2N2/c1-8-2-4-10(16)7-12(8)14(19-18)11-5-3-9(15)6-13(11)17/h2-7,14,19H,18H2,1H3. The first-order valence-electron chi connectivity index (χ1n) is 5.70. The maximum absolute atomic E-state index is 14.0. The number of hydrogen-bond donors (Lipinski definition) is 2. The van der Waals surface area contributed by atoms with Gasteiger partial charge in [0.15, 0.2) is 0 Å². The molecule has 100 valence electrons. The molecule has 19 heavy (non-hydrogen) atoms. The molecule has 0 aliphatic heterocycles. The number of aryl methyl sites for hydroxylation is 1. The van der Waals surface area contributed by atoms with Crippen LogP contribution in [-0.4, -0.2) is 0 Å². The van der Waals surface area contributed by atoms with E-state index < -0.39 is 11.9 Å². The first-order chi connectivity index (χ1) is 9.02. The van der Waals surface area contributed by atoms with Crippen LogP contribution in [0.1, 0.15) is 22.7 Å². The molecule has 2 nitrogen and oxygen atoms in total. The first kappa shape index (κ1) is 14.1. The Morgan fingerprint density at radius 3 is 2.47 bits per heavy atom. The van der Waals surface area contributed by atoms with Crippen LogP contribution >= 0.6 is 15.9 Å². The molecule has 0 fully saturated rings. The molecular weight excluding hydrogens is 314 g/mol. The van der Waals surface area contributed by atoms with Gasteiger partial charge in [0, 0.05) is 10.0 Å². The molecule has 0 saturated carbocycles.